The summed E-state index contributed by atoms with van der Waals surface area (Å²) in [5.41, 5.74) is 6.25. The minimum Gasteiger partial charge on any atom is -0.379 e. The smallest absolute Gasteiger partial charge is 0.323 e. The van der Waals surface area contributed by atoms with E-state index in [4.69, 9.17) is 4.74 Å². The second kappa shape index (κ2) is 10.1. The van der Waals surface area contributed by atoms with Gasteiger partial charge < -0.3 is 14.7 Å². The van der Waals surface area contributed by atoms with Crippen LogP contribution in [0.15, 0.2) is 65.6 Å². The molecule has 1 aliphatic heterocycles. The number of ether oxygens (including phenoxy) is 1. The normalized spacial score (nSPS) is 14.1. The summed E-state index contributed by atoms with van der Waals surface area (Å²) in [5.74, 6) is -0.501. The third kappa shape index (κ3) is 4.67. The molecular formula is C29H24FN9O2. The second-order valence-electron chi connectivity index (χ2n) is 9.99. The summed E-state index contributed by atoms with van der Waals surface area (Å²) in [6.07, 6.45) is 1.69. The number of imidazole rings is 1. The van der Waals surface area contributed by atoms with Gasteiger partial charge in [-0.05, 0) is 59.7 Å². The molecule has 3 aromatic heterocycles. The molecule has 0 atom stereocenters. The summed E-state index contributed by atoms with van der Waals surface area (Å²) in [7, 11) is 0. The molecule has 0 radical (unpaired) electrons. The van der Waals surface area contributed by atoms with Crippen molar-refractivity contribution in [3.05, 3.63) is 93.8 Å². The number of hydrogen-bond donors (Lipinski definition) is 2. The number of aromatic amines is 2. The van der Waals surface area contributed by atoms with Gasteiger partial charge in [0.05, 0.1) is 59.3 Å². The molecule has 2 N–H and O–H groups in total. The summed E-state index contributed by atoms with van der Waals surface area (Å²) < 4.78 is 24.2. The first-order valence-corrected chi connectivity index (χ1v) is 13.2. The standard InChI is InChI=1S/C29H24FN9O2/c30-23-12-20(13-27-28(23)35-36-39(27)22-3-4-24-25(14-22)34-29(40)33-24)26-5-6-32-38(26)17-19-2-1-18(15-31)11-21(19)16-37-7-9-41-10-8-37/h1-6,11-14H,7-10,16-17H2,(H2,33,34,40). The number of nitriles is 1. The molecule has 11 nitrogen and oxygen atoms in total. The fourth-order valence-corrected chi connectivity index (χ4v) is 5.34. The Labute approximate surface area is 232 Å². The number of rotatable bonds is 6. The maximum Gasteiger partial charge on any atom is 0.323 e. The quantitative estimate of drug-likeness (QED) is 0.326. The van der Waals surface area contributed by atoms with Gasteiger partial charge in [0.2, 0.25) is 0 Å². The molecule has 1 aliphatic rings. The number of nitrogens with zero attached hydrogens (tertiary/aromatic N) is 7. The minimum atomic E-state index is -0.501. The summed E-state index contributed by atoms with van der Waals surface area (Å²) in [4.78, 5) is 19.5. The van der Waals surface area contributed by atoms with Crippen molar-refractivity contribution < 1.29 is 9.13 Å². The molecule has 0 amide bonds. The average Bonchev–Trinajstić information content (AvgIpc) is 3.72. The molecule has 0 aliphatic carbocycles. The molecular weight excluding hydrogens is 525 g/mol. The molecule has 12 heteroatoms. The molecule has 0 saturated carbocycles. The number of nitrogens with one attached hydrogen (secondary N) is 2. The molecule has 0 spiro atoms. The van der Waals surface area contributed by atoms with Crippen LogP contribution in [0.2, 0.25) is 0 Å². The van der Waals surface area contributed by atoms with Gasteiger partial charge in [0.15, 0.2) is 5.82 Å². The van der Waals surface area contributed by atoms with Gasteiger partial charge in [0.25, 0.3) is 0 Å². The molecule has 1 saturated heterocycles. The first-order chi connectivity index (χ1) is 20.1. The Morgan fingerprint density at radius 2 is 1.83 bits per heavy atom. The Hall–Kier alpha value is -5.12. The van der Waals surface area contributed by atoms with Crippen LogP contribution < -0.4 is 5.69 Å². The van der Waals surface area contributed by atoms with Crippen LogP contribution in [0, 0.1) is 17.1 Å². The van der Waals surface area contributed by atoms with E-state index in [0.717, 1.165) is 29.9 Å². The van der Waals surface area contributed by atoms with Crippen LogP contribution in [0.4, 0.5) is 4.39 Å². The average molecular weight is 550 g/mol. The van der Waals surface area contributed by atoms with Gasteiger partial charge in [-0.25, -0.2) is 13.9 Å². The summed E-state index contributed by atoms with van der Waals surface area (Å²) in [6, 6.07) is 18.4. The number of morpholine rings is 1. The third-order valence-electron chi connectivity index (χ3n) is 7.42. The van der Waals surface area contributed by atoms with Crippen LogP contribution in [-0.2, 0) is 17.8 Å². The SMILES string of the molecule is N#Cc1ccc(Cn2nccc2-c2cc(F)c3nnn(-c4ccc5[nH]c(=O)[nH]c5c4)c3c2)c(CN2CCOCC2)c1. The van der Waals surface area contributed by atoms with E-state index < -0.39 is 5.82 Å². The van der Waals surface area contributed by atoms with Crippen molar-refractivity contribution in [2.45, 2.75) is 13.1 Å². The summed E-state index contributed by atoms with van der Waals surface area (Å²) >= 11 is 0. The van der Waals surface area contributed by atoms with E-state index in [2.05, 4.69) is 36.3 Å². The highest BCUT2D eigenvalue weighted by molar-refractivity contribution is 5.84. The van der Waals surface area contributed by atoms with Crippen molar-refractivity contribution in [1.82, 2.24) is 39.6 Å². The van der Waals surface area contributed by atoms with Gasteiger partial charge in [-0.3, -0.25) is 9.58 Å². The minimum absolute atomic E-state index is 0.141. The fourth-order valence-electron chi connectivity index (χ4n) is 5.34. The fraction of sp³-hybridized carbons (Fsp3) is 0.207. The van der Waals surface area contributed by atoms with E-state index in [-0.39, 0.29) is 11.2 Å². The molecule has 3 aromatic carbocycles. The van der Waals surface area contributed by atoms with Gasteiger partial charge in [-0.15, -0.1) is 5.10 Å². The molecule has 6 aromatic rings. The lowest BCUT2D eigenvalue weighted by Crippen LogP contribution is -2.36. The van der Waals surface area contributed by atoms with E-state index in [0.29, 0.717) is 59.7 Å². The van der Waals surface area contributed by atoms with Crippen LogP contribution in [0.1, 0.15) is 16.7 Å². The van der Waals surface area contributed by atoms with E-state index in [9.17, 15) is 10.1 Å². The van der Waals surface area contributed by atoms with Gasteiger partial charge in [-0.1, -0.05) is 11.3 Å². The van der Waals surface area contributed by atoms with Crippen LogP contribution in [0.3, 0.4) is 0 Å². The lowest BCUT2D eigenvalue weighted by Gasteiger charge is -2.27. The Kier molecular flexibility index (Phi) is 6.15. The monoisotopic (exact) mass is 549 g/mol. The highest BCUT2D eigenvalue weighted by Crippen LogP contribution is 2.29. The Balaban J connectivity index is 1.26. The number of fused-ring (bicyclic) bond motifs is 2. The van der Waals surface area contributed by atoms with Crippen molar-refractivity contribution in [1.29, 1.82) is 5.26 Å². The molecule has 0 unspecified atom stereocenters. The van der Waals surface area contributed by atoms with Gasteiger partial charge in [0, 0.05) is 31.4 Å². The number of benzene rings is 3. The van der Waals surface area contributed by atoms with Crippen molar-refractivity contribution in [2.75, 3.05) is 26.3 Å². The zero-order chi connectivity index (χ0) is 27.9. The number of halogens is 1. The number of H-pyrrole nitrogens is 2. The van der Waals surface area contributed by atoms with E-state index >= 15 is 4.39 Å². The zero-order valence-corrected chi connectivity index (χ0v) is 21.8. The topological polar surface area (TPSA) is 133 Å². The zero-order valence-electron chi connectivity index (χ0n) is 21.8. The molecule has 0 bridgehead atoms. The van der Waals surface area contributed by atoms with Crippen LogP contribution in [0.25, 0.3) is 39.0 Å². The van der Waals surface area contributed by atoms with Gasteiger partial charge in [-0.2, -0.15) is 10.4 Å². The van der Waals surface area contributed by atoms with Crippen LogP contribution >= 0.6 is 0 Å². The Bertz CT molecular complexity index is 2010. The predicted octanol–water partition coefficient (Wildman–Crippen LogP) is 3.34. The van der Waals surface area contributed by atoms with Crippen molar-refractivity contribution in [3.8, 4) is 23.0 Å². The maximum absolute atomic E-state index is 15.3. The van der Waals surface area contributed by atoms with Crippen molar-refractivity contribution in [2.24, 2.45) is 0 Å². The first kappa shape index (κ1) is 24.9. The molecule has 1 fully saturated rings. The van der Waals surface area contributed by atoms with E-state index in [1.807, 2.05) is 35.0 Å². The highest BCUT2D eigenvalue weighted by Gasteiger charge is 2.18. The maximum atomic E-state index is 15.3. The summed E-state index contributed by atoms with van der Waals surface area (Å²) in [6.45, 7) is 4.18. The Morgan fingerprint density at radius 3 is 2.68 bits per heavy atom. The number of aromatic nitrogens is 7. The third-order valence-corrected chi connectivity index (χ3v) is 7.42. The predicted molar refractivity (Wildman–Crippen MR) is 149 cm³/mol. The molecule has 41 heavy (non-hydrogen) atoms. The molecule has 7 rings (SSSR count). The van der Waals surface area contributed by atoms with Gasteiger partial charge in [0.1, 0.15) is 5.52 Å². The lowest BCUT2D eigenvalue weighted by atomic mass is 10.0. The lowest BCUT2D eigenvalue weighted by molar-refractivity contribution is 0.0340. The molecule has 4 heterocycles. The second-order valence-corrected chi connectivity index (χ2v) is 9.99. The largest absolute Gasteiger partial charge is 0.379 e. The van der Waals surface area contributed by atoms with Crippen LogP contribution in [0.5, 0.6) is 0 Å². The van der Waals surface area contributed by atoms with E-state index in [1.165, 1.54) is 6.07 Å². The first-order valence-electron chi connectivity index (χ1n) is 13.2. The van der Waals surface area contributed by atoms with Crippen LogP contribution in [-0.4, -0.2) is 65.9 Å². The highest BCUT2D eigenvalue weighted by atomic mass is 19.1. The number of hydrogen-bond acceptors (Lipinski definition) is 7. The van der Waals surface area contributed by atoms with Crippen molar-refractivity contribution >= 4 is 22.1 Å². The van der Waals surface area contributed by atoms with Crippen molar-refractivity contribution in [3.63, 3.8) is 0 Å². The molecule has 204 valence electrons. The van der Waals surface area contributed by atoms with Gasteiger partial charge >= 0.3 is 5.69 Å². The Morgan fingerprint density at radius 1 is 0.976 bits per heavy atom. The van der Waals surface area contributed by atoms with E-state index in [1.54, 1.807) is 29.1 Å². The summed E-state index contributed by atoms with van der Waals surface area (Å²) in [5, 5.41) is 22.3.